The number of nitrogens with zero attached hydrogens (tertiary/aromatic N) is 1. The van der Waals surface area contributed by atoms with Gasteiger partial charge in [0.25, 0.3) is 0 Å². The Labute approximate surface area is 303 Å². The Kier molecular flexibility index (Phi) is 14.6. The molecule has 0 aromatic heterocycles. The molecule has 1 heterocycles. The van der Waals surface area contributed by atoms with E-state index >= 15 is 0 Å². The van der Waals surface area contributed by atoms with Crippen molar-refractivity contribution in [3.05, 3.63) is 29.3 Å². The van der Waals surface area contributed by atoms with Gasteiger partial charge in [-0.1, -0.05) is 56.3 Å². The lowest BCUT2D eigenvalue weighted by atomic mass is 9.52. The molecule has 1 N–H and O–H groups in total. The van der Waals surface area contributed by atoms with Gasteiger partial charge in [0.1, 0.15) is 17.3 Å². The predicted molar refractivity (Wildman–Crippen MR) is 188 cm³/mol. The fourth-order valence-electron chi connectivity index (χ4n) is 9.59. The van der Waals surface area contributed by atoms with Gasteiger partial charge in [-0.2, -0.15) is 22.0 Å². The first kappa shape index (κ1) is 40.7. The molecule has 3 fully saturated rings. The fraction of sp³-hybridized carbons (Fsp3) is 0.821. The zero-order chi connectivity index (χ0) is 36.6. The quantitative estimate of drug-likeness (QED) is 0.0533. The summed E-state index contributed by atoms with van der Waals surface area (Å²) in [6.07, 6.45) is 5.92. The zero-order valence-corrected chi connectivity index (χ0v) is 31.0. The first-order valence-corrected chi connectivity index (χ1v) is 20.9. The summed E-state index contributed by atoms with van der Waals surface area (Å²) in [4.78, 5) is 15.0. The maximum Gasteiger partial charge on any atom is 0.453 e. The molecule has 6 nitrogen and oxygen atoms in total. The molecule has 7 unspecified atom stereocenters. The lowest BCUT2D eigenvalue weighted by molar-refractivity contribution is -0.284. The number of aliphatic hydroxyl groups is 1. The van der Waals surface area contributed by atoms with Crippen LogP contribution in [0.5, 0.6) is 5.75 Å². The van der Waals surface area contributed by atoms with E-state index in [1.54, 1.807) is 0 Å². The number of fused-ring (bicyclic) bond motifs is 5. The van der Waals surface area contributed by atoms with E-state index in [4.69, 9.17) is 9.47 Å². The minimum absolute atomic E-state index is 0.0231. The van der Waals surface area contributed by atoms with Gasteiger partial charge in [0.2, 0.25) is 0 Å². The Bertz CT molecular complexity index is 1260. The van der Waals surface area contributed by atoms with Crippen LogP contribution < -0.4 is 4.74 Å². The van der Waals surface area contributed by atoms with Gasteiger partial charge in [-0.25, -0.2) is 0 Å². The predicted octanol–water partition coefficient (Wildman–Crippen LogP) is 8.60. The highest BCUT2D eigenvalue weighted by Crippen LogP contribution is 2.62. The molecule has 1 aromatic rings. The number of benzene rings is 1. The number of aliphatic hydroxyl groups excluding tert-OH is 1. The zero-order valence-electron chi connectivity index (χ0n) is 30.2. The van der Waals surface area contributed by atoms with Gasteiger partial charge in [-0.15, -0.1) is 0 Å². The Balaban J connectivity index is 1.06. The molecule has 2 saturated carbocycles. The van der Waals surface area contributed by atoms with E-state index < -0.39 is 36.1 Å². The van der Waals surface area contributed by atoms with Gasteiger partial charge in [0.05, 0.1) is 25.7 Å². The van der Waals surface area contributed by atoms with Gasteiger partial charge >= 0.3 is 18.1 Å². The molecule has 51 heavy (non-hydrogen) atoms. The fourth-order valence-corrected chi connectivity index (χ4v) is 10.8. The molecule has 0 radical (unpaired) electrons. The third-order valence-corrected chi connectivity index (χ3v) is 14.0. The summed E-state index contributed by atoms with van der Waals surface area (Å²) in [6, 6.07) is 6.27. The van der Waals surface area contributed by atoms with Crippen LogP contribution >= 0.6 is 0 Å². The lowest BCUT2D eigenvalue weighted by Gasteiger charge is -2.53. The van der Waals surface area contributed by atoms with Gasteiger partial charge in [0, 0.05) is 26.1 Å². The number of ether oxygens (including phenoxy) is 2. The number of unbranched alkanes of at least 4 members (excludes halogenated alkanes) is 6. The van der Waals surface area contributed by atoms with Crippen LogP contribution in [0.15, 0.2) is 18.2 Å². The summed E-state index contributed by atoms with van der Waals surface area (Å²) < 4.78 is 86.3. The molecule has 1 aromatic carbocycles. The molecule has 5 rings (SSSR count). The van der Waals surface area contributed by atoms with Crippen molar-refractivity contribution >= 4 is 17.1 Å². The van der Waals surface area contributed by atoms with Gasteiger partial charge in [0.15, 0.2) is 0 Å². The van der Waals surface area contributed by atoms with Crippen LogP contribution in [-0.2, 0) is 27.1 Å². The molecule has 290 valence electrons. The highest BCUT2D eigenvalue weighted by molar-refractivity contribution is 7.91. The molecule has 12 heteroatoms. The van der Waals surface area contributed by atoms with E-state index in [1.165, 1.54) is 11.1 Å². The van der Waals surface area contributed by atoms with Crippen molar-refractivity contribution in [3.63, 3.8) is 0 Å². The van der Waals surface area contributed by atoms with Crippen LogP contribution in [0.2, 0.25) is 0 Å². The summed E-state index contributed by atoms with van der Waals surface area (Å²) in [6.45, 7) is 6.06. The highest BCUT2D eigenvalue weighted by Gasteiger charge is 2.57. The second-order valence-corrected chi connectivity index (χ2v) is 17.5. The van der Waals surface area contributed by atoms with Crippen LogP contribution in [0.25, 0.3) is 0 Å². The van der Waals surface area contributed by atoms with Crippen molar-refractivity contribution in [1.82, 2.24) is 4.90 Å². The van der Waals surface area contributed by atoms with Crippen molar-refractivity contribution in [1.29, 1.82) is 0 Å². The normalized spacial score (nSPS) is 28.9. The molecule has 1 aliphatic heterocycles. The van der Waals surface area contributed by atoms with Crippen LogP contribution in [-0.4, -0.2) is 83.1 Å². The molecule has 0 spiro atoms. The van der Waals surface area contributed by atoms with E-state index in [-0.39, 0.29) is 23.2 Å². The standard InChI is InChI=1S/C39H58F5NO5S/c1-37-18-15-32-31-12-11-30(50-35(47)16-19-45-20-22-49-23-21-45)27-29(31)26-28(36(32)33(37)13-14-34(37)46)10-7-5-3-2-4-6-8-24-51(48)25-9-17-38(40,41)39(42,43)44/h11-12,27-28,32-34,36,46H,2-10,13-26H2,1H3. The summed E-state index contributed by atoms with van der Waals surface area (Å²) in [5.41, 5.74) is 2.67. The van der Waals surface area contributed by atoms with E-state index in [0.29, 0.717) is 67.8 Å². The van der Waals surface area contributed by atoms with Crippen LogP contribution in [0.4, 0.5) is 22.0 Å². The van der Waals surface area contributed by atoms with Crippen molar-refractivity contribution in [2.24, 2.45) is 23.2 Å². The summed E-state index contributed by atoms with van der Waals surface area (Å²) in [7, 11) is 0. The molecule has 4 aliphatic rings. The second-order valence-electron chi connectivity index (χ2n) is 15.8. The van der Waals surface area contributed by atoms with E-state index in [9.17, 15) is 36.4 Å². The third-order valence-electron chi connectivity index (χ3n) is 12.5. The molecular formula is C39H58F5NO5S. The third kappa shape index (κ3) is 10.6. The maximum atomic E-state index is 13.0. The van der Waals surface area contributed by atoms with Crippen LogP contribution in [0.3, 0.4) is 0 Å². The number of esters is 1. The number of hydrogen-bond acceptors (Lipinski definition) is 6. The Morgan fingerprint density at radius 2 is 1.69 bits per heavy atom. The van der Waals surface area contributed by atoms with Crippen molar-refractivity contribution in [2.75, 3.05) is 44.4 Å². The molecule has 0 amide bonds. The summed E-state index contributed by atoms with van der Waals surface area (Å²) in [5.74, 6) is -2.07. The molecule has 3 aliphatic carbocycles. The average molecular weight is 748 g/mol. The van der Waals surface area contributed by atoms with Crippen LogP contribution in [0, 0.1) is 23.2 Å². The highest BCUT2D eigenvalue weighted by atomic mass is 32.2. The Morgan fingerprint density at radius 3 is 2.41 bits per heavy atom. The number of alkyl halides is 5. The monoisotopic (exact) mass is 747 g/mol. The smallest absolute Gasteiger partial charge is 0.453 e. The average Bonchev–Trinajstić information content (AvgIpc) is 3.39. The van der Waals surface area contributed by atoms with Gasteiger partial charge < -0.3 is 19.1 Å². The molecule has 1 saturated heterocycles. The van der Waals surface area contributed by atoms with E-state index in [0.717, 1.165) is 90.1 Å². The van der Waals surface area contributed by atoms with Gasteiger partial charge in [-0.3, -0.25) is 9.69 Å². The largest absolute Gasteiger partial charge is 0.616 e. The Morgan fingerprint density at radius 1 is 1.00 bits per heavy atom. The Hall–Kier alpha value is -1.47. The SMILES string of the molecule is CC12CCC3c4ccc(OC(=O)CCN5CCOCC5)cc4CC(CCCCCCCCC[S+]([O-])CCCC(F)(F)C(F)(F)F)C3C1CCC2O. The molecule has 0 bridgehead atoms. The minimum Gasteiger partial charge on any atom is -0.616 e. The number of halogens is 5. The summed E-state index contributed by atoms with van der Waals surface area (Å²) >= 11 is -1.37. The second kappa shape index (κ2) is 18.2. The number of carbonyl (C=O) groups is 1. The van der Waals surface area contributed by atoms with E-state index in [1.807, 2.05) is 6.07 Å². The minimum atomic E-state index is -5.55. The number of carbonyl (C=O) groups excluding carboxylic acids is 1. The summed E-state index contributed by atoms with van der Waals surface area (Å²) in [5, 5.41) is 11.0. The first-order chi connectivity index (χ1) is 24.3. The first-order valence-electron chi connectivity index (χ1n) is 19.4. The number of morpholine rings is 1. The maximum absolute atomic E-state index is 13.0. The van der Waals surface area contributed by atoms with Gasteiger partial charge in [-0.05, 0) is 110 Å². The van der Waals surface area contributed by atoms with Crippen LogP contribution in [0.1, 0.15) is 120 Å². The molecule has 7 atom stereocenters. The number of rotatable bonds is 18. The molecular weight excluding hydrogens is 689 g/mol. The van der Waals surface area contributed by atoms with Crippen molar-refractivity contribution < 1.29 is 45.9 Å². The van der Waals surface area contributed by atoms with Crippen molar-refractivity contribution in [2.45, 2.75) is 134 Å². The van der Waals surface area contributed by atoms with Crippen molar-refractivity contribution in [3.8, 4) is 5.75 Å². The lowest BCUT2D eigenvalue weighted by Crippen LogP contribution is -2.47. The number of hydrogen-bond donors (Lipinski definition) is 1. The topological polar surface area (TPSA) is 82.1 Å². The van der Waals surface area contributed by atoms with E-state index in [2.05, 4.69) is 24.0 Å².